The zero-order chi connectivity index (χ0) is 13.7. The molecule has 0 amide bonds. The van der Waals surface area contributed by atoms with Crippen molar-refractivity contribution in [2.24, 2.45) is 5.73 Å². The van der Waals surface area contributed by atoms with Gasteiger partial charge in [-0.3, -0.25) is 0 Å². The molecule has 0 heterocycles. The Bertz CT molecular complexity index is 540. The normalized spacial score (nSPS) is 10.4. The zero-order valence-electron chi connectivity index (χ0n) is 10.5. The van der Waals surface area contributed by atoms with E-state index in [-0.39, 0.29) is 23.9 Å². The van der Waals surface area contributed by atoms with Gasteiger partial charge in [0.1, 0.15) is 12.4 Å². The Labute approximate surface area is 111 Å². The first kappa shape index (κ1) is 13.4. The van der Waals surface area contributed by atoms with Crippen LogP contribution in [0.3, 0.4) is 0 Å². The monoisotopic (exact) mass is 261 g/mol. The average molecular weight is 261 g/mol. The third-order valence-corrected chi connectivity index (χ3v) is 2.76. The quantitative estimate of drug-likeness (QED) is 0.869. The first-order valence-electron chi connectivity index (χ1n) is 6.08. The Morgan fingerprint density at radius 1 is 1.05 bits per heavy atom. The second-order valence-electron chi connectivity index (χ2n) is 4.26. The number of phenols is 1. The summed E-state index contributed by atoms with van der Waals surface area (Å²) in [4.78, 5) is 0. The lowest BCUT2D eigenvalue weighted by atomic mass is 10.1. The lowest BCUT2D eigenvalue weighted by Gasteiger charge is -2.08. The van der Waals surface area contributed by atoms with Gasteiger partial charge < -0.3 is 15.6 Å². The topological polar surface area (TPSA) is 55.5 Å². The summed E-state index contributed by atoms with van der Waals surface area (Å²) < 4.78 is 19.1. The lowest BCUT2D eigenvalue weighted by Crippen LogP contribution is -2.03. The maximum Gasteiger partial charge on any atom is 0.165 e. The van der Waals surface area contributed by atoms with Gasteiger partial charge in [-0.05, 0) is 48.4 Å². The summed E-state index contributed by atoms with van der Waals surface area (Å²) in [7, 11) is 0. The summed E-state index contributed by atoms with van der Waals surface area (Å²) in [5, 5.41) is 9.16. The van der Waals surface area contributed by atoms with Crippen molar-refractivity contribution in [3.63, 3.8) is 0 Å². The van der Waals surface area contributed by atoms with Crippen LogP contribution in [0.25, 0.3) is 0 Å². The molecule has 3 nitrogen and oxygen atoms in total. The van der Waals surface area contributed by atoms with Crippen LogP contribution in [0.5, 0.6) is 11.5 Å². The van der Waals surface area contributed by atoms with Crippen molar-refractivity contribution in [1.82, 2.24) is 0 Å². The smallest absolute Gasteiger partial charge is 0.165 e. The van der Waals surface area contributed by atoms with Crippen LogP contribution < -0.4 is 10.5 Å². The number of benzene rings is 2. The average Bonchev–Trinajstić information content (AvgIpc) is 2.40. The zero-order valence-corrected chi connectivity index (χ0v) is 10.5. The molecule has 2 aromatic rings. The van der Waals surface area contributed by atoms with Crippen LogP contribution in [-0.2, 0) is 13.0 Å². The van der Waals surface area contributed by atoms with Gasteiger partial charge in [-0.1, -0.05) is 18.2 Å². The third kappa shape index (κ3) is 3.69. The molecular formula is C15H16FNO2. The summed E-state index contributed by atoms with van der Waals surface area (Å²) in [6.45, 7) is 0.751. The van der Waals surface area contributed by atoms with Crippen molar-refractivity contribution in [2.45, 2.75) is 13.0 Å². The summed E-state index contributed by atoms with van der Waals surface area (Å²) in [6, 6.07) is 11.5. The molecule has 0 spiro atoms. The van der Waals surface area contributed by atoms with Crippen molar-refractivity contribution < 1.29 is 14.2 Å². The molecule has 19 heavy (non-hydrogen) atoms. The predicted octanol–water partition coefficient (Wildman–Crippen LogP) is 2.61. The number of aromatic hydroxyl groups is 1. The lowest BCUT2D eigenvalue weighted by molar-refractivity contribution is 0.290. The standard InChI is InChI=1S/C15H16FNO2/c16-14-9-11(7-8-17)3-6-15(14)19-10-12-1-4-13(18)5-2-12/h1-6,9,18H,7-8,10,17H2. The van der Waals surface area contributed by atoms with Crippen LogP contribution in [0.2, 0.25) is 0 Å². The van der Waals surface area contributed by atoms with Gasteiger partial charge in [-0.2, -0.15) is 0 Å². The van der Waals surface area contributed by atoms with Crippen LogP contribution in [0, 0.1) is 5.82 Å². The molecule has 2 aromatic carbocycles. The van der Waals surface area contributed by atoms with E-state index >= 15 is 0 Å². The molecule has 100 valence electrons. The molecule has 0 saturated carbocycles. The third-order valence-electron chi connectivity index (χ3n) is 2.76. The fourth-order valence-corrected chi connectivity index (χ4v) is 1.74. The fraction of sp³-hybridized carbons (Fsp3) is 0.200. The highest BCUT2D eigenvalue weighted by atomic mass is 19.1. The van der Waals surface area contributed by atoms with Crippen molar-refractivity contribution in [1.29, 1.82) is 0 Å². The molecule has 4 heteroatoms. The summed E-state index contributed by atoms with van der Waals surface area (Å²) in [5.74, 6) is 0.0274. The van der Waals surface area contributed by atoms with Crippen molar-refractivity contribution in [2.75, 3.05) is 6.54 Å². The Kier molecular flexibility index (Phi) is 4.36. The number of halogens is 1. The van der Waals surface area contributed by atoms with Crippen LogP contribution in [0.15, 0.2) is 42.5 Å². The summed E-state index contributed by atoms with van der Waals surface area (Å²) in [5.41, 5.74) is 7.14. The Hall–Kier alpha value is -2.07. The maximum atomic E-state index is 13.7. The minimum absolute atomic E-state index is 0.195. The molecule has 0 atom stereocenters. The molecule has 0 saturated heterocycles. The second kappa shape index (κ2) is 6.20. The van der Waals surface area contributed by atoms with Gasteiger partial charge in [0.15, 0.2) is 11.6 Å². The highest BCUT2D eigenvalue weighted by Gasteiger charge is 2.05. The second-order valence-corrected chi connectivity index (χ2v) is 4.26. The predicted molar refractivity (Wildman–Crippen MR) is 71.6 cm³/mol. The van der Waals surface area contributed by atoms with Gasteiger partial charge in [-0.15, -0.1) is 0 Å². The number of hydrogen-bond acceptors (Lipinski definition) is 3. The van der Waals surface area contributed by atoms with Crippen LogP contribution in [0.1, 0.15) is 11.1 Å². The number of nitrogens with two attached hydrogens (primary N) is 1. The van der Waals surface area contributed by atoms with Crippen LogP contribution in [0.4, 0.5) is 4.39 Å². The number of phenolic OH excluding ortho intramolecular Hbond substituents is 1. The number of rotatable bonds is 5. The van der Waals surface area contributed by atoms with E-state index in [0.717, 1.165) is 11.1 Å². The van der Waals surface area contributed by atoms with Crippen molar-refractivity contribution in [3.8, 4) is 11.5 Å². The van der Waals surface area contributed by atoms with Gasteiger partial charge in [-0.25, -0.2) is 4.39 Å². The first-order valence-corrected chi connectivity index (χ1v) is 6.08. The Morgan fingerprint density at radius 3 is 2.37 bits per heavy atom. The molecule has 3 N–H and O–H groups in total. The molecular weight excluding hydrogens is 245 g/mol. The van der Waals surface area contributed by atoms with E-state index in [9.17, 15) is 4.39 Å². The fourth-order valence-electron chi connectivity index (χ4n) is 1.74. The molecule has 0 aliphatic heterocycles. The molecule has 0 fully saturated rings. The summed E-state index contributed by atoms with van der Waals surface area (Å²) >= 11 is 0. The van der Waals surface area contributed by atoms with E-state index in [2.05, 4.69) is 0 Å². The number of ether oxygens (including phenoxy) is 1. The van der Waals surface area contributed by atoms with Crippen molar-refractivity contribution in [3.05, 3.63) is 59.4 Å². The highest BCUT2D eigenvalue weighted by Crippen LogP contribution is 2.20. The van der Waals surface area contributed by atoms with Crippen molar-refractivity contribution >= 4 is 0 Å². The Morgan fingerprint density at radius 2 is 1.74 bits per heavy atom. The Balaban J connectivity index is 2.01. The molecule has 0 bridgehead atoms. The molecule has 0 aliphatic carbocycles. The van der Waals surface area contributed by atoms with Gasteiger partial charge in [0, 0.05) is 0 Å². The van der Waals surface area contributed by atoms with Gasteiger partial charge in [0.25, 0.3) is 0 Å². The number of hydrogen-bond donors (Lipinski definition) is 2. The first-order chi connectivity index (χ1) is 9.19. The maximum absolute atomic E-state index is 13.7. The van der Waals surface area contributed by atoms with Gasteiger partial charge in [0.2, 0.25) is 0 Å². The van der Waals surface area contributed by atoms with Crippen LogP contribution >= 0.6 is 0 Å². The SMILES string of the molecule is NCCc1ccc(OCc2ccc(O)cc2)c(F)c1. The van der Waals surface area contributed by atoms with Crippen LogP contribution in [-0.4, -0.2) is 11.7 Å². The van der Waals surface area contributed by atoms with E-state index in [1.165, 1.54) is 6.07 Å². The van der Waals surface area contributed by atoms with E-state index in [4.69, 9.17) is 15.6 Å². The molecule has 2 rings (SSSR count). The van der Waals surface area contributed by atoms with E-state index < -0.39 is 0 Å². The molecule has 0 unspecified atom stereocenters. The molecule has 0 aliphatic rings. The molecule has 0 radical (unpaired) electrons. The summed E-state index contributed by atoms with van der Waals surface area (Å²) in [6.07, 6.45) is 0.648. The van der Waals surface area contributed by atoms with E-state index in [0.29, 0.717) is 13.0 Å². The highest BCUT2D eigenvalue weighted by molar-refractivity contribution is 5.30. The van der Waals surface area contributed by atoms with E-state index in [1.807, 2.05) is 6.07 Å². The van der Waals surface area contributed by atoms with Gasteiger partial charge >= 0.3 is 0 Å². The molecule has 0 aromatic heterocycles. The minimum atomic E-state index is -0.385. The van der Waals surface area contributed by atoms with E-state index in [1.54, 1.807) is 30.3 Å². The minimum Gasteiger partial charge on any atom is -0.508 e. The van der Waals surface area contributed by atoms with Gasteiger partial charge in [0.05, 0.1) is 0 Å². The largest absolute Gasteiger partial charge is 0.508 e.